The van der Waals surface area contributed by atoms with Crippen LogP contribution in [0.3, 0.4) is 0 Å². The lowest BCUT2D eigenvalue weighted by atomic mass is 10.0. The van der Waals surface area contributed by atoms with Gasteiger partial charge in [-0.2, -0.15) is 0 Å². The predicted octanol–water partition coefficient (Wildman–Crippen LogP) is 1.04. The van der Waals surface area contributed by atoms with Crippen molar-refractivity contribution in [2.75, 3.05) is 0 Å². The van der Waals surface area contributed by atoms with Crippen molar-refractivity contribution in [3.05, 3.63) is 24.3 Å². The van der Waals surface area contributed by atoms with Crippen LogP contribution in [0, 0.1) is 5.92 Å². The van der Waals surface area contributed by atoms with E-state index in [4.69, 9.17) is 0 Å². The lowest BCUT2D eigenvalue weighted by molar-refractivity contribution is 0.123. The Labute approximate surface area is 72.5 Å². The van der Waals surface area contributed by atoms with Gasteiger partial charge in [-0.1, -0.05) is 13.8 Å². The molecule has 0 spiro atoms. The number of hydrogen-bond acceptors (Lipinski definition) is 3. The summed E-state index contributed by atoms with van der Waals surface area (Å²) in [5.41, 5.74) is 0. The van der Waals surface area contributed by atoms with Crippen molar-refractivity contribution in [1.82, 2.24) is 9.97 Å². The molecule has 0 amide bonds. The van der Waals surface area contributed by atoms with Crippen LogP contribution in [0.25, 0.3) is 0 Å². The van der Waals surface area contributed by atoms with Crippen LogP contribution in [-0.4, -0.2) is 21.2 Å². The maximum absolute atomic E-state index is 9.50. The maximum atomic E-state index is 9.50. The molecule has 1 unspecified atom stereocenters. The Morgan fingerprint density at radius 3 is 2.42 bits per heavy atom. The van der Waals surface area contributed by atoms with Gasteiger partial charge < -0.3 is 5.11 Å². The van der Waals surface area contributed by atoms with Crippen LogP contribution in [0.4, 0.5) is 0 Å². The van der Waals surface area contributed by atoms with Gasteiger partial charge in [0.2, 0.25) is 0 Å². The van der Waals surface area contributed by atoms with Crippen LogP contribution in [-0.2, 0) is 6.42 Å². The topological polar surface area (TPSA) is 46.0 Å². The van der Waals surface area contributed by atoms with Gasteiger partial charge in [-0.15, -0.1) is 0 Å². The first-order valence-corrected chi connectivity index (χ1v) is 4.14. The molecule has 66 valence electrons. The standard InChI is InChI=1S/C9H14N2O/c1-7(2)8(12)6-9-10-4-3-5-11-9/h3-5,7-8,12H,6H2,1-2H3. The summed E-state index contributed by atoms with van der Waals surface area (Å²) in [6, 6.07) is 1.77. The Hall–Kier alpha value is -0.960. The summed E-state index contributed by atoms with van der Waals surface area (Å²) in [7, 11) is 0. The van der Waals surface area contributed by atoms with Gasteiger partial charge in [0.1, 0.15) is 5.82 Å². The van der Waals surface area contributed by atoms with Gasteiger partial charge in [-0.3, -0.25) is 0 Å². The number of aliphatic hydroxyl groups excluding tert-OH is 1. The highest BCUT2D eigenvalue weighted by Crippen LogP contribution is 2.05. The molecule has 0 saturated carbocycles. The summed E-state index contributed by atoms with van der Waals surface area (Å²) in [6.07, 6.45) is 3.58. The SMILES string of the molecule is CC(C)C(O)Cc1ncccn1. The first-order valence-electron chi connectivity index (χ1n) is 4.14. The molecule has 3 heteroatoms. The molecule has 3 nitrogen and oxygen atoms in total. The molecule has 1 heterocycles. The summed E-state index contributed by atoms with van der Waals surface area (Å²) < 4.78 is 0. The maximum Gasteiger partial charge on any atom is 0.130 e. The van der Waals surface area contributed by atoms with E-state index in [1.807, 2.05) is 13.8 Å². The minimum atomic E-state index is -0.340. The second-order valence-electron chi connectivity index (χ2n) is 3.18. The minimum Gasteiger partial charge on any atom is -0.392 e. The van der Waals surface area contributed by atoms with Crippen molar-refractivity contribution in [2.24, 2.45) is 5.92 Å². The molecule has 0 aliphatic heterocycles. The average Bonchev–Trinajstić information content (AvgIpc) is 2.06. The molecule has 1 rings (SSSR count). The van der Waals surface area contributed by atoms with Crippen molar-refractivity contribution in [3.8, 4) is 0 Å². The molecule has 0 fully saturated rings. The fourth-order valence-electron chi connectivity index (χ4n) is 0.858. The Kier molecular flexibility index (Phi) is 3.17. The minimum absolute atomic E-state index is 0.258. The third-order valence-electron chi connectivity index (χ3n) is 1.78. The number of aromatic nitrogens is 2. The number of aliphatic hydroxyl groups is 1. The van der Waals surface area contributed by atoms with Crippen LogP contribution < -0.4 is 0 Å². The zero-order chi connectivity index (χ0) is 8.97. The summed E-state index contributed by atoms with van der Waals surface area (Å²) >= 11 is 0. The smallest absolute Gasteiger partial charge is 0.130 e. The largest absolute Gasteiger partial charge is 0.392 e. The molecule has 0 radical (unpaired) electrons. The van der Waals surface area contributed by atoms with Gasteiger partial charge in [0.15, 0.2) is 0 Å². The van der Waals surface area contributed by atoms with Crippen LogP contribution in [0.5, 0.6) is 0 Å². The monoisotopic (exact) mass is 166 g/mol. The summed E-state index contributed by atoms with van der Waals surface area (Å²) in [4.78, 5) is 8.06. The molecular formula is C9H14N2O. The van der Waals surface area contributed by atoms with E-state index in [2.05, 4.69) is 9.97 Å². The zero-order valence-electron chi connectivity index (χ0n) is 7.44. The van der Waals surface area contributed by atoms with Crippen molar-refractivity contribution in [1.29, 1.82) is 0 Å². The molecular weight excluding hydrogens is 152 g/mol. The molecule has 0 aliphatic rings. The van der Waals surface area contributed by atoms with Crippen LogP contribution in [0.15, 0.2) is 18.5 Å². The third-order valence-corrected chi connectivity index (χ3v) is 1.78. The molecule has 12 heavy (non-hydrogen) atoms. The Balaban J connectivity index is 2.53. The first kappa shape index (κ1) is 9.13. The molecule has 1 aromatic rings. The molecule has 0 bridgehead atoms. The first-order chi connectivity index (χ1) is 5.70. The fourth-order valence-corrected chi connectivity index (χ4v) is 0.858. The van der Waals surface area contributed by atoms with Gasteiger partial charge in [-0.25, -0.2) is 9.97 Å². The highest BCUT2D eigenvalue weighted by Gasteiger charge is 2.10. The lowest BCUT2D eigenvalue weighted by Crippen LogP contribution is -2.18. The Morgan fingerprint density at radius 1 is 1.33 bits per heavy atom. The molecule has 0 saturated heterocycles. The normalized spacial score (nSPS) is 13.3. The highest BCUT2D eigenvalue weighted by molar-refractivity contribution is 4.90. The molecule has 0 aliphatic carbocycles. The third kappa shape index (κ3) is 2.58. The average molecular weight is 166 g/mol. The van der Waals surface area contributed by atoms with Crippen molar-refractivity contribution >= 4 is 0 Å². The Bertz CT molecular complexity index is 223. The zero-order valence-corrected chi connectivity index (χ0v) is 7.44. The molecule has 0 aromatic carbocycles. The van der Waals surface area contributed by atoms with Crippen molar-refractivity contribution < 1.29 is 5.11 Å². The van der Waals surface area contributed by atoms with Crippen molar-refractivity contribution in [2.45, 2.75) is 26.4 Å². The van der Waals surface area contributed by atoms with E-state index in [-0.39, 0.29) is 12.0 Å². The molecule has 1 N–H and O–H groups in total. The van der Waals surface area contributed by atoms with E-state index >= 15 is 0 Å². The van der Waals surface area contributed by atoms with Crippen LogP contribution >= 0.6 is 0 Å². The summed E-state index contributed by atoms with van der Waals surface area (Å²) in [5, 5.41) is 9.50. The number of rotatable bonds is 3. The van der Waals surface area contributed by atoms with Gasteiger partial charge in [0.05, 0.1) is 6.10 Å². The van der Waals surface area contributed by atoms with Crippen molar-refractivity contribution in [3.63, 3.8) is 0 Å². The Morgan fingerprint density at radius 2 is 1.92 bits per heavy atom. The van der Waals surface area contributed by atoms with E-state index in [0.29, 0.717) is 12.2 Å². The molecule has 1 aromatic heterocycles. The second kappa shape index (κ2) is 4.16. The fraction of sp³-hybridized carbons (Fsp3) is 0.556. The van der Waals surface area contributed by atoms with Gasteiger partial charge in [-0.05, 0) is 12.0 Å². The molecule has 1 atom stereocenters. The summed E-state index contributed by atoms with van der Waals surface area (Å²) in [6.45, 7) is 3.96. The number of nitrogens with zero attached hydrogens (tertiary/aromatic N) is 2. The predicted molar refractivity (Wildman–Crippen MR) is 46.6 cm³/mol. The van der Waals surface area contributed by atoms with Gasteiger partial charge in [0.25, 0.3) is 0 Å². The van der Waals surface area contributed by atoms with E-state index in [1.54, 1.807) is 18.5 Å². The van der Waals surface area contributed by atoms with Gasteiger partial charge in [0, 0.05) is 18.8 Å². The highest BCUT2D eigenvalue weighted by atomic mass is 16.3. The van der Waals surface area contributed by atoms with E-state index in [9.17, 15) is 5.11 Å². The number of hydrogen-bond donors (Lipinski definition) is 1. The second-order valence-corrected chi connectivity index (χ2v) is 3.18. The van der Waals surface area contributed by atoms with E-state index < -0.39 is 0 Å². The quantitative estimate of drug-likeness (QED) is 0.729. The van der Waals surface area contributed by atoms with Crippen LogP contribution in [0.2, 0.25) is 0 Å². The van der Waals surface area contributed by atoms with E-state index in [0.717, 1.165) is 0 Å². The lowest BCUT2D eigenvalue weighted by Gasteiger charge is -2.12. The summed E-state index contributed by atoms with van der Waals surface area (Å²) in [5.74, 6) is 0.965. The van der Waals surface area contributed by atoms with Crippen LogP contribution in [0.1, 0.15) is 19.7 Å². The van der Waals surface area contributed by atoms with Gasteiger partial charge >= 0.3 is 0 Å². The van der Waals surface area contributed by atoms with E-state index in [1.165, 1.54) is 0 Å².